The number of amides is 3. The van der Waals surface area contributed by atoms with Gasteiger partial charge in [0.1, 0.15) is 6.54 Å². The average Bonchev–Trinajstić information content (AvgIpc) is 3.13. The maximum absolute atomic E-state index is 12.7. The summed E-state index contributed by atoms with van der Waals surface area (Å²) >= 11 is 0. The van der Waals surface area contributed by atoms with Crippen molar-refractivity contribution in [1.82, 2.24) is 10.2 Å². The van der Waals surface area contributed by atoms with Crippen LogP contribution in [0.3, 0.4) is 0 Å². The van der Waals surface area contributed by atoms with Gasteiger partial charge in [0.25, 0.3) is 0 Å². The third-order valence-corrected chi connectivity index (χ3v) is 6.13. The zero-order chi connectivity index (χ0) is 18.9. The first-order chi connectivity index (χ1) is 13.1. The Bertz CT molecular complexity index is 747. The van der Waals surface area contributed by atoms with Crippen LogP contribution < -0.4 is 15.5 Å². The number of hydrogen-bond acceptors (Lipinski definition) is 4. The summed E-state index contributed by atoms with van der Waals surface area (Å²) in [6.45, 7) is 3.70. The third kappa shape index (κ3) is 3.69. The molecule has 0 atom stereocenters. The van der Waals surface area contributed by atoms with Gasteiger partial charge in [0, 0.05) is 32.5 Å². The maximum Gasteiger partial charge on any atom is 0.244 e. The van der Waals surface area contributed by atoms with Gasteiger partial charge in [-0.2, -0.15) is 0 Å². The summed E-state index contributed by atoms with van der Waals surface area (Å²) in [5.74, 6) is -0.349. The van der Waals surface area contributed by atoms with Crippen molar-refractivity contribution in [2.75, 3.05) is 42.9 Å². The van der Waals surface area contributed by atoms with E-state index in [0.29, 0.717) is 16.8 Å². The van der Waals surface area contributed by atoms with Crippen molar-refractivity contribution in [3.63, 3.8) is 0 Å². The quantitative estimate of drug-likeness (QED) is 0.842. The molecule has 0 bridgehead atoms. The molecule has 2 fully saturated rings. The van der Waals surface area contributed by atoms with E-state index in [2.05, 4.69) is 10.6 Å². The van der Waals surface area contributed by atoms with Crippen molar-refractivity contribution in [2.45, 2.75) is 32.1 Å². The number of rotatable bonds is 3. The minimum atomic E-state index is -0.208. The van der Waals surface area contributed by atoms with Gasteiger partial charge in [-0.1, -0.05) is 12.1 Å². The van der Waals surface area contributed by atoms with Crippen LogP contribution in [0.2, 0.25) is 0 Å². The molecule has 2 saturated heterocycles. The van der Waals surface area contributed by atoms with Crippen LogP contribution in [-0.2, 0) is 14.4 Å². The topological polar surface area (TPSA) is 81.8 Å². The molecule has 0 aromatic heterocycles. The van der Waals surface area contributed by atoms with Crippen molar-refractivity contribution in [2.24, 2.45) is 5.41 Å². The zero-order valence-corrected chi connectivity index (χ0v) is 15.5. The highest BCUT2D eigenvalue weighted by Crippen LogP contribution is 2.37. The number of nitrogens with one attached hydrogen (secondary N) is 2. The van der Waals surface area contributed by atoms with Crippen molar-refractivity contribution in [3.8, 4) is 0 Å². The third-order valence-electron chi connectivity index (χ3n) is 6.13. The van der Waals surface area contributed by atoms with E-state index in [9.17, 15) is 14.4 Å². The fourth-order valence-corrected chi connectivity index (χ4v) is 4.42. The second-order valence-corrected chi connectivity index (χ2v) is 7.85. The molecular weight excluding hydrogens is 344 g/mol. The molecule has 4 rings (SSSR count). The van der Waals surface area contributed by atoms with E-state index in [-0.39, 0.29) is 37.1 Å². The Kier molecular flexibility index (Phi) is 4.86. The van der Waals surface area contributed by atoms with Gasteiger partial charge in [0.15, 0.2) is 0 Å². The van der Waals surface area contributed by atoms with Crippen LogP contribution in [-0.4, -0.2) is 55.3 Å². The first-order valence-electron chi connectivity index (χ1n) is 9.74. The SMILES string of the molecule is O=C1CN(C(=O)CCC(=O)N2CCC3(CCNC3)CC2)c2ccccc2N1. The highest BCUT2D eigenvalue weighted by molar-refractivity contribution is 6.10. The van der Waals surface area contributed by atoms with Gasteiger partial charge in [-0.05, 0) is 43.4 Å². The van der Waals surface area contributed by atoms with Crippen molar-refractivity contribution >= 4 is 29.1 Å². The summed E-state index contributed by atoms with van der Waals surface area (Å²) in [4.78, 5) is 40.5. The van der Waals surface area contributed by atoms with E-state index in [1.165, 1.54) is 11.3 Å². The Hall–Kier alpha value is -2.41. The van der Waals surface area contributed by atoms with Crippen LogP contribution in [0.5, 0.6) is 0 Å². The van der Waals surface area contributed by atoms with Crippen molar-refractivity contribution in [3.05, 3.63) is 24.3 Å². The molecule has 1 spiro atoms. The van der Waals surface area contributed by atoms with Gasteiger partial charge in [-0.3, -0.25) is 14.4 Å². The number of hydrogen-bond donors (Lipinski definition) is 2. The summed E-state index contributed by atoms with van der Waals surface area (Å²) in [5.41, 5.74) is 1.71. The highest BCUT2D eigenvalue weighted by Gasteiger charge is 2.38. The van der Waals surface area contributed by atoms with Crippen molar-refractivity contribution < 1.29 is 14.4 Å². The lowest BCUT2D eigenvalue weighted by atomic mass is 9.78. The number of fused-ring (bicyclic) bond motifs is 1. The molecule has 144 valence electrons. The maximum atomic E-state index is 12.7. The number of piperidine rings is 1. The Balaban J connectivity index is 1.32. The molecule has 7 heteroatoms. The van der Waals surface area contributed by atoms with Crippen LogP contribution in [0.1, 0.15) is 32.1 Å². The van der Waals surface area contributed by atoms with Gasteiger partial charge < -0.3 is 20.4 Å². The summed E-state index contributed by atoms with van der Waals surface area (Å²) in [7, 11) is 0. The molecule has 0 radical (unpaired) electrons. The van der Waals surface area contributed by atoms with Crippen LogP contribution in [0, 0.1) is 5.41 Å². The second kappa shape index (κ2) is 7.31. The number of benzene rings is 1. The van der Waals surface area contributed by atoms with E-state index in [1.54, 1.807) is 6.07 Å². The molecule has 2 N–H and O–H groups in total. The van der Waals surface area contributed by atoms with E-state index in [0.717, 1.165) is 39.0 Å². The molecule has 0 unspecified atom stereocenters. The number of carbonyl (C=O) groups excluding carboxylic acids is 3. The molecule has 7 nitrogen and oxygen atoms in total. The number of para-hydroxylation sites is 2. The fraction of sp³-hybridized carbons (Fsp3) is 0.550. The number of carbonyl (C=O) groups is 3. The van der Waals surface area contributed by atoms with Crippen LogP contribution in [0.25, 0.3) is 0 Å². The largest absolute Gasteiger partial charge is 0.343 e. The normalized spacial score (nSPS) is 21.1. The Morgan fingerprint density at radius 1 is 1.04 bits per heavy atom. The smallest absolute Gasteiger partial charge is 0.244 e. The first-order valence-corrected chi connectivity index (χ1v) is 9.74. The Labute approximate surface area is 159 Å². The first kappa shape index (κ1) is 18.0. The van der Waals surface area contributed by atoms with E-state index >= 15 is 0 Å². The molecule has 27 heavy (non-hydrogen) atoms. The minimum absolute atomic E-state index is 0.00325. The lowest BCUT2D eigenvalue weighted by Gasteiger charge is -2.39. The lowest BCUT2D eigenvalue weighted by Crippen LogP contribution is -2.45. The monoisotopic (exact) mass is 370 g/mol. The minimum Gasteiger partial charge on any atom is -0.343 e. The molecule has 3 amide bonds. The molecule has 1 aromatic carbocycles. The van der Waals surface area contributed by atoms with E-state index in [4.69, 9.17) is 0 Å². The molecular formula is C20H26N4O3. The molecule has 0 saturated carbocycles. The summed E-state index contributed by atoms with van der Waals surface area (Å²) < 4.78 is 0. The van der Waals surface area contributed by atoms with Crippen molar-refractivity contribution in [1.29, 1.82) is 0 Å². The molecule has 1 aromatic rings. The van der Waals surface area contributed by atoms with Crippen LogP contribution in [0.15, 0.2) is 24.3 Å². The summed E-state index contributed by atoms with van der Waals surface area (Å²) in [6, 6.07) is 7.25. The lowest BCUT2D eigenvalue weighted by molar-refractivity contribution is -0.135. The predicted octanol–water partition coefficient (Wildman–Crippen LogP) is 1.35. The average molecular weight is 370 g/mol. The fourth-order valence-electron chi connectivity index (χ4n) is 4.42. The van der Waals surface area contributed by atoms with E-state index < -0.39 is 0 Å². The molecule has 3 aliphatic rings. The Morgan fingerprint density at radius 3 is 2.52 bits per heavy atom. The number of likely N-dealkylation sites (tertiary alicyclic amines) is 1. The molecule has 3 heterocycles. The zero-order valence-electron chi connectivity index (χ0n) is 15.5. The number of anilines is 2. The number of nitrogens with zero attached hydrogens (tertiary/aromatic N) is 2. The predicted molar refractivity (Wildman–Crippen MR) is 102 cm³/mol. The van der Waals surface area contributed by atoms with E-state index in [1.807, 2.05) is 23.1 Å². The van der Waals surface area contributed by atoms with Crippen LogP contribution >= 0.6 is 0 Å². The van der Waals surface area contributed by atoms with Crippen LogP contribution in [0.4, 0.5) is 11.4 Å². The second-order valence-electron chi connectivity index (χ2n) is 7.85. The molecule has 3 aliphatic heterocycles. The highest BCUT2D eigenvalue weighted by atomic mass is 16.2. The Morgan fingerprint density at radius 2 is 1.78 bits per heavy atom. The summed E-state index contributed by atoms with van der Waals surface area (Å²) in [6.07, 6.45) is 3.61. The van der Waals surface area contributed by atoms with Gasteiger partial charge in [0.2, 0.25) is 17.7 Å². The summed E-state index contributed by atoms with van der Waals surface area (Å²) in [5, 5.41) is 6.20. The van der Waals surface area contributed by atoms with Gasteiger partial charge in [0.05, 0.1) is 11.4 Å². The van der Waals surface area contributed by atoms with Gasteiger partial charge in [-0.25, -0.2) is 0 Å². The van der Waals surface area contributed by atoms with Gasteiger partial charge in [-0.15, -0.1) is 0 Å². The molecule has 0 aliphatic carbocycles. The standard InChI is InChI=1S/C20H26N4O3/c25-17-13-24(16-4-2-1-3-15(16)22-17)19(27)6-5-18(26)23-11-8-20(9-12-23)7-10-21-14-20/h1-4,21H,5-14H2,(H,22,25). The van der Waals surface area contributed by atoms with Gasteiger partial charge >= 0.3 is 0 Å².